The van der Waals surface area contributed by atoms with Crippen LogP contribution >= 0.6 is 0 Å². The molecule has 0 saturated heterocycles. The zero-order valence-electron chi connectivity index (χ0n) is 16.5. The van der Waals surface area contributed by atoms with Gasteiger partial charge in [0.25, 0.3) is 0 Å². The van der Waals surface area contributed by atoms with Crippen LogP contribution in [0.25, 0.3) is 0 Å². The standard InChI is InChI=1S/C8H8O3.C8H8O2.C7H6O2/c1-11-8(10)6-4-2-3-5-7(6)9;1-6(9)7-4-2-3-5-8(7)10;8-5-6-3-1-2-4-7(6)9/h2-5,9H,1H3;2-5,10H,1H3;1-5,9H. The van der Waals surface area contributed by atoms with Crippen molar-refractivity contribution in [2.24, 2.45) is 0 Å². The van der Waals surface area contributed by atoms with Gasteiger partial charge < -0.3 is 20.1 Å². The lowest BCUT2D eigenvalue weighted by Crippen LogP contribution is -2.00. The summed E-state index contributed by atoms with van der Waals surface area (Å²) in [5.41, 5.74) is 0.898. The summed E-state index contributed by atoms with van der Waals surface area (Å²) in [7, 11) is 1.27. The fourth-order valence-electron chi connectivity index (χ4n) is 2.11. The number of hydrogen-bond acceptors (Lipinski definition) is 7. The third-order valence-electron chi connectivity index (χ3n) is 3.66. The minimum Gasteiger partial charge on any atom is -0.507 e. The van der Waals surface area contributed by atoms with Gasteiger partial charge in [0.1, 0.15) is 22.8 Å². The maximum Gasteiger partial charge on any atom is 0.341 e. The van der Waals surface area contributed by atoms with E-state index < -0.39 is 5.97 Å². The summed E-state index contributed by atoms with van der Waals surface area (Å²) in [4.78, 5) is 31.6. The van der Waals surface area contributed by atoms with Crippen molar-refractivity contribution in [2.75, 3.05) is 7.11 Å². The molecule has 0 aromatic heterocycles. The Morgan fingerprint density at radius 2 is 1.17 bits per heavy atom. The fraction of sp³-hybridized carbons (Fsp3) is 0.0870. The van der Waals surface area contributed by atoms with Gasteiger partial charge in [0.2, 0.25) is 0 Å². The molecule has 3 N–H and O–H groups in total. The third-order valence-corrected chi connectivity index (χ3v) is 3.66. The number of para-hydroxylation sites is 3. The number of esters is 1. The first-order chi connectivity index (χ1) is 14.3. The molecule has 0 spiro atoms. The van der Waals surface area contributed by atoms with E-state index in [0.29, 0.717) is 17.4 Å². The van der Waals surface area contributed by atoms with Crippen molar-refractivity contribution >= 4 is 18.0 Å². The molecule has 30 heavy (non-hydrogen) atoms. The van der Waals surface area contributed by atoms with E-state index in [1.807, 2.05) is 0 Å². The van der Waals surface area contributed by atoms with Crippen molar-refractivity contribution < 1.29 is 34.4 Å². The second kappa shape index (κ2) is 12.4. The second-order valence-electron chi connectivity index (χ2n) is 5.76. The number of rotatable bonds is 3. The number of ether oxygens (including phenoxy) is 1. The Hall–Kier alpha value is -4.13. The quantitative estimate of drug-likeness (QED) is 0.339. The molecule has 0 aliphatic heterocycles. The zero-order valence-corrected chi connectivity index (χ0v) is 16.5. The lowest BCUT2D eigenvalue weighted by atomic mass is 10.1. The summed E-state index contributed by atoms with van der Waals surface area (Å²) in [6, 6.07) is 19.1. The molecule has 0 radical (unpaired) electrons. The lowest BCUT2D eigenvalue weighted by molar-refractivity contribution is 0.0597. The number of aldehydes is 1. The number of phenols is 3. The van der Waals surface area contributed by atoms with E-state index in [1.165, 1.54) is 38.3 Å². The molecule has 3 aromatic rings. The summed E-state index contributed by atoms with van der Waals surface area (Å²) in [5.74, 6) is -0.608. The van der Waals surface area contributed by atoms with E-state index in [9.17, 15) is 14.4 Å². The average molecular weight is 410 g/mol. The van der Waals surface area contributed by atoms with Crippen LogP contribution in [-0.2, 0) is 4.74 Å². The Morgan fingerprint density at radius 3 is 1.50 bits per heavy atom. The normalized spacial score (nSPS) is 9.13. The highest BCUT2D eigenvalue weighted by molar-refractivity contribution is 5.96. The summed E-state index contributed by atoms with van der Waals surface area (Å²) in [6.45, 7) is 1.43. The predicted octanol–water partition coefficient (Wildman–Crippen LogP) is 3.98. The molecule has 0 amide bonds. The van der Waals surface area contributed by atoms with E-state index in [2.05, 4.69) is 4.74 Å². The highest BCUT2D eigenvalue weighted by Crippen LogP contribution is 2.16. The van der Waals surface area contributed by atoms with Crippen LogP contribution in [0.4, 0.5) is 0 Å². The highest BCUT2D eigenvalue weighted by Gasteiger charge is 2.08. The molecular weight excluding hydrogens is 388 g/mol. The first kappa shape index (κ1) is 23.9. The topological polar surface area (TPSA) is 121 Å². The van der Waals surface area contributed by atoms with E-state index in [4.69, 9.17) is 15.3 Å². The largest absolute Gasteiger partial charge is 0.507 e. The average Bonchev–Trinajstić information content (AvgIpc) is 2.75. The van der Waals surface area contributed by atoms with Gasteiger partial charge in [-0.1, -0.05) is 36.4 Å². The number of phenolic OH excluding ortho intramolecular Hbond substituents is 3. The first-order valence-electron chi connectivity index (χ1n) is 8.70. The van der Waals surface area contributed by atoms with Crippen molar-refractivity contribution in [1.29, 1.82) is 0 Å². The van der Waals surface area contributed by atoms with Crippen LogP contribution in [0.1, 0.15) is 38.0 Å². The van der Waals surface area contributed by atoms with Crippen LogP contribution in [-0.4, -0.2) is 40.5 Å². The van der Waals surface area contributed by atoms with Gasteiger partial charge in [0.15, 0.2) is 12.1 Å². The number of carbonyl (C=O) groups is 3. The number of ketones is 1. The predicted molar refractivity (Wildman–Crippen MR) is 111 cm³/mol. The molecule has 7 heteroatoms. The number of benzene rings is 3. The van der Waals surface area contributed by atoms with Crippen LogP contribution in [0.3, 0.4) is 0 Å². The molecule has 0 saturated carbocycles. The van der Waals surface area contributed by atoms with E-state index in [-0.39, 0.29) is 28.6 Å². The lowest BCUT2D eigenvalue weighted by Gasteiger charge is -1.99. The maximum absolute atomic E-state index is 10.9. The molecule has 0 fully saturated rings. The Kier molecular flexibility index (Phi) is 9.84. The molecule has 3 rings (SSSR count). The molecule has 7 nitrogen and oxygen atoms in total. The molecule has 0 bridgehead atoms. The van der Waals surface area contributed by atoms with Crippen LogP contribution < -0.4 is 0 Å². The Morgan fingerprint density at radius 1 is 0.733 bits per heavy atom. The molecule has 3 aromatic carbocycles. The van der Waals surface area contributed by atoms with Crippen LogP contribution in [0.15, 0.2) is 72.8 Å². The molecule has 0 heterocycles. The molecular formula is C23H22O7. The molecule has 0 aliphatic rings. The number of Topliss-reactive ketones (excluding diaryl/α,β-unsaturated/α-hetero) is 1. The number of aromatic hydroxyl groups is 3. The Labute approximate surface area is 173 Å². The number of carbonyl (C=O) groups excluding carboxylic acids is 3. The highest BCUT2D eigenvalue weighted by atomic mass is 16.5. The maximum atomic E-state index is 10.9. The van der Waals surface area contributed by atoms with Gasteiger partial charge in [-0.2, -0.15) is 0 Å². The van der Waals surface area contributed by atoms with Crippen molar-refractivity contribution in [2.45, 2.75) is 6.92 Å². The van der Waals surface area contributed by atoms with Crippen molar-refractivity contribution in [3.05, 3.63) is 89.5 Å². The van der Waals surface area contributed by atoms with Crippen molar-refractivity contribution in [1.82, 2.24) is 0 Å². The van der Waals surface area contributed by atoms with Crippen LogP contribution in [0.2, 0.25) is 0 Å². The van der Waals surface area contributed by atoms with E-state index >= 15 is 0 Å². The molecule has 0 aliphatic carbocycles. The first-order valence-corrected chi connectivity index (χ1v) is 8.70. The van der Waals surface area contributed by atoms with Crippen LogP contribution in [0.5, 0.6) is 17.2 Å². The number of methoxy groups -OCH3 is 1. The smallest absolute Gasteiger partial charge is 0.341 e. The third kappa shape index (κ3) is 7.47. The van der Waals surface area contributed by atoms with Gasteiger partial charge in [-0.25, -0.2) is 4.79 Å². The SMILES string of the molecule is CC(=O)c1ccccc1O.COC(=O)c1ccccc1O.O=Cc1ccccc1O. The van der Waals surface area contributed by atoms with Crippen molar-refractivity contribution in [3.63, 3.8) is 0 Å². The van der Waals surface area contributed by atoms with Gasteiger partial charge in [-0.15, -0.1) is 0 Å². The number of hydrogen-bond donors (Lipinski definition) is 3. The Bertz CT molecular complexity index is 996. The Balaban J connectivity index is 0.000000226. The van der Waals surface area contributed by atoms with Gasteiger partial charge in [-0.3, -0.25) is 9.59 Å². The van der Waals surface area contributed by atoms with E-state index in [1.54, 1.807) is 48.5 Å². The summed E-state index contributed by atoms with van der Waals surface area (Å²) >= 11 is 0. The summed E-state index contributed by atoms with van der Waals surface area (Å²) < 4.78 is 4.42. The summed E-state index contributed by atoms with van der Waals surface area (Å²) in [5, 5.41) is 27.1. The van der Waals surface area contributed by atoms with Gasteiger partial charge in [0, 0.05) is 0 Å². The monoisotopic (exact) mass is 410 g/mol. The molecule has 0 unspecified atom stereocenters. The fourth-order valence-corrected chi connectivity index (χ4v) is 2.11. The van der Waals surface area contributed by atoms with Crippen molar-refractivity contribution in [3.8, 4) is 17.2 Å². The van der Waals surface area contributed by atoms with E-state index in [0.717, 1.165) is 0 Å². The second-order valence-corrected chi connectivity index (χ2v) is 5.76. The zero-order chi connectivity index (χ0) is 22.5. The minimum absolute atomic E-state index is 0.0347. The van der Waals surface area contributed by atoms with Gasteiger partial charge in [0.05, 0.1) is 18.2 Å². The molecule has 0 atom stereocenters. The van der Waals surface area contributed by atoms with Crippen LogP contribution in [0, 0.1) is 0 Å². The summed E-state index contributed by atoms with van der Waals surface area (Å²) in [6.07, 6.45) is 0.620. The van der Waals surface area contributed by atoms with Gasteiger partial charge in [-0.05, 0) is 43.3 Å². The van der Waals surface area contributed by atoms with Gasteiger partial charge >= 0.3 is 5.97 Å². The minimum atomic E-state index is -0.525. The molecule has 156 valence electrons.